The van der Waals surface area contributed by atoms with E-state index in [2.05, 4.69) is 23.5 Å². The van der Waals surface area contributed by atoms with E-state index in [0.29, 0.717) is 37.1 Å². The van der Waals surface area contributed by atoms with Crippen molar-refractivity contribution in [3.8, 4) is 11.5 Å². The molecule has 7 nitrogen and oxygen atoms in total. The zero-order chi connectivity index (χ0) is 20.7. The second-order valence-corrected chi connectivity index (χ2v) is 6.21. The van der Waals surface area contributed by atoms with Gasteiger partial charge >= 0.3 is 0 Å². The maximum Gasteiger partial charge on any atom is 0.278 e. The molecule has 0 aliphatic carbocycles. The van der Waals surface area contributed by atoms with E-state index in [4.69, 9.17) is 9.47 Å². The zero-order valence-corrected chi connectivity index (χ0v) is 16.6. The summed E-state index contributed by atoms with van der Waals surface area (Å²) in [5.74, 6) is 1.21. The van der Waals surface area contributed by atoms with E-state index in [1.165, 1.54) is 6.08 Å². The lowest BCUT2D eigenvalue weighted by Gasteiger charge is -2.27. The largest absolute Gasteiger partial charge is 0.486 e. The van der Waals surface area contributed by atoms with Crippen LogP contribution < -0.4 is 14.8 Å². The molecule has 150 valence electrons. The summed E-state index contributed by atoms with van der Waals surface area (Å²) >= 11 is 0. The van der Waals surface area contributed by atoms with E-state index in [-0.39, 0.29) is 5.84 Å². The Kier molecular flexibility index (Phi) is 7.40. The molecular formula is C21H27N3O4. The number of allylic oxidation sites excluding steroid dienone is 1. The van der Waals surface area contributed by atoms with Crippen molar-refractivity contribution >= 4 is 11.7 Å². The first-order valence-corrected chi connectivity index (χ1v) is 9.11. The third-order valence-electron chi connectivity index (χ3n) is 4.07. The Bertz CT molecular complexity index is 823. The highest BCUT2D eigenvalue weighted by Gasteiger charge is 2.29. The average molecular weight is 385 g/mol. The molecule has 3 rings (SSSR count). The Morgan fingerprint density at radius 1 is 1.25 bits per heavy atom. The van der Waals surface area contributed by atoms with Gasteiger partial charge in [-0.2, -0.15) is 5.06 Å². The SMILES string of the molecule is C=C.CCN=C1C(=C(C)C)C(NCc2ccc3c(c2)OCCO3)=CC(=O)N1O. The molecule has 0 atom stereocenters. The number of nitrogens with one attached hydrogen (secondary N) is 1. The molecule has 2 aliphatic heterocycles. The number of amidine groups is 1. The predicted molar refractivity (Wildman–Crippen MR) is 109 cm³/mol. The molecule has 0 fully saturated rings. The molecule has 28 heavy (non-hydrogen) atoms. The lowest BCUT2D eigenvalue weighted by atomic mass is 10.0. The molecule has 0 bridgehead atoms. The Morgan fingerprint density at radius 3 is 2.57 bits per heavy atom. The van der Waals surface area contributed by atoms with Crippen LogP contribution in [0.4, 0.5) is 0 Å². The van der Waals surface area contributed by atoms with Crippen LogP contribution in [0.5, 0.6) is 11.5 Å². The number of amides is 1. The number of hydrogen-bond acceptors (Lipinski definition) is 6. The molecule has 1 aromatic carbocycles. The number of hydrogen-bond donors (Lipinski definition) is 2. The monoisotopic (exact) mass is 385 g/mol. The molecule has 0 radical (unpaired) electrons. The Morgan fingerprint density at radius 2 is 1.93 bits per heavy atom. The van der Waals surface area contributed by atoms with Crippen LogP contribution in [0, 0.1) is 0 Å². The van der Waals surface area contributed by atoms with E-state index in [1.54, 1.807) is 0 Å². The van der Waals surface area contributed by atoms with Gasteiger partial charge in [0.05, 0.1) is 5.70 Å². The minimum Gasteiger partial charge on any atom is -0.486 e. The summed E-state index contributed by atoms with van der Waals surface area (Å²) in [6, 6.07) is 5.76. The third-order valence-corrected chi connectivity index (χ3v) is 4.07. The number of fused-ring (bicyclic) bond motifs is 1. The van der Waals surface area contributed by atoms with Gasteiger partial charge in [-0.05, 0) is 38.5 Å². The van der Waals surface area contributed by atoms with E-state index in [9.17, 15) is 10.0 Å². The lowest BCUT2D eigenvalue weighted by molar-refractivity contribution is -0.143. The first kappa shape index (κ1) is 21.2. The fourth-order valence-electron chi connectivity index (χ4n) is 2.91. The van der Waals surface area contributed by atoms with Crippen LogP contribution in [-0.4, -0.2) is 41.8 Å². The average Bonchev–Trinajstić information content (AvgIpc) is 2.71. The third kappa shape index (κ3) is 4.61. The van der Waals surface area contributed by atoms with Crippen LogP contribution in [0.15, 0.2) is 59.3 Å². The molecule has 2 N–H and O–H groups in total. The molecule has 2 heterocycles. The van der Waals surface area contributed by atoms with Crippen LogP contribution in [0.1, 0.15) is 26.3 Å². The van der Waals surface area contributed by atoms with Crippen molar-refractivity contribution in [3.63, 3.8) is 0 Å². The van der Waals surface area contributed by atoms with Crippen molar-refractivity contribution in [3.05, 3.63) is 59.8 Å². The summed E-state index contributed by atoms with van der Waals surface area (Å²) in [7, 11) is 0. The number of benzene rings is 1. The topological polar surface area (TPSA) is 83.4 Å². The van der Waals surface area contributed by atoms with Gasteiger partial charge in [-0.25, -0.2) is 0 Å². The minimum atomic E-state index is -0.521. The molecule has 0 spiro atoms. The molecule has 2 aliphatic rings. The fraction of sp³-hybridized carbons (Fsp3) is 0.333. The molecule has 1 amide bonds. The van der Waals surface area contributed by atoms with Gasteiger partial charge in [-0.1, -0.05) is 11.6 Å². The van der Waals surface area contributed by atoms with Gasteiger partial charge in [0, 0.05) is 24.7 Å². The highest BCUT2D eigenvalue weighted by atomic mass is 16.6. The van der Waals surface area contributed by atoms with Gasteiger partial charge in [-0.3, -0.25) is 15.0 Å². The van der Waals surface area contributed by atoms with Crippen molar-refractivity contribution in [2.45, 2.75) is 27.3 Å². The van der Waals surface area contributed by atoms with E-state index in [1.807, 2.05) is 39.0 Å². The Hall–Kier alpha value is -3.06. The van der Waals surface area contributed by atoms with Crippen molar-refractivity contribution in [1.82, 2.24) is 10.4 Å². The normalized spacial score (nSPS) is 16.9. The predicted octanol–water partition coefficient (Wildman–Crippen LogP) is 3.22. The summed E-state index contributed by atoms with van der Waals surface area (Å²) in [6.45, 7) is 13.8. The number of carbonyl (C=O) groups excluding carboxylic acids is 1. The molecule has 0 saturated heterocycles. The fourth-order valence-corrected chi connectivity index (χ4v) is 2.91. The van der Waals surface area contributed by atoms with Crippen molar-refractivity contribution in [2.24, 2.45) is 4.99 Å². The maximum atomic E-state index is 12.1. The molecular weight excluding hydrogens is 358 g/mol. The number of ether oxygens (including phenoxy) is 2. The second-order valence-electron chi connectivity index (χ2n) is 6.21. The smallest absolute Gasteiger partial charge is 0.278 e. The van der Waals surface area contributed by atoms with Crippen molar-refractivity contribution < 1.29 is 19.5 Å². The summed E-state index contributed by atoms with van der Waals surface area (Å²) in [5, 5.41) is 13.9. The van der Waals surface area contributed by atoms with Crippen LogP contribution in [0.2, 0.25) is 0 Å². The standard InChI is InChI=1S/C19H23N3O4.C2H4/c1-4-20-19-18(12(2)3)14(10-17(23)22(19)24)21-11-13-5-6-15-16(9-13)26-8-7-25-15;1-2/h5-6,9-10,21,24H,4,7-8,11H2,1-3H3;1-2H2. The first-order valence-electron chi connectivity index (χ1n) is 9.11. The van der Waals surface area contributed by atoms with Crippen LogP contribution >= 0.6 is 0 Å². The molecule has 7 heteroatoms. The van der Waals surface area contributed by atoms with Crippen LogP contribution in [-0.2, 0) is 11.3 Å². The Balaban J connectivity index is 0.00000136. The summed E-state index contributed by atoms with van der Waals surface area (Å²) in [4.78, 5) is 16.4. The van der Waals surface area contributed by atoms with Gasteiger partial charge in [0.25, 0.3) is 5.91 Å². The van der Waals surface area contributed by atoms with E-state index >= 15 is 0 Å². The highest BCUT2D eigenvalue weighted by Crippen LogP contribution is 2.31. The molecule has 0 saturated carbocycles. The Labute approximate surface area is 165 Å². The van der Waals surface area contributed by atoms with Gasteiger partial charge in [-0.15, -0.1) is 13.2 Å². The number of aliphatic imine (C=N–C) groups is 1. The number of carbonyl (C=O) groups is 1. The summed E-state index contributed by atoms with van der Waals surface area (Å²) < 4.78 is 11.1. The first-order chi connectivity index (χ1) is 13.5. The van der Waals surface area contributed by atoms with Gasteiger partial charge in [0.2, 0.25) is 0 Å². The zero-order valence-electron chi connectivity index (χ0n) is 16.6. The van der Waals surface area contributed by atoms with Gasteiger partial charge in [0.15, 0.2) is 17.3 Å². The second kappa shape index (κ2) is 9.75. The number of rotatable bonds is 4. The van der Waals surface area contributed by atoms with Crippen molar-refractivity contribution in [1.29, 1.82) is 0 Å². The summed E-state index contributed by atoms with van der Waals surface area (Å²) in [6.07, 6.45) is 1.38. The number of nitrogens with zero attached hydrogens (tertiary/aromatic N) is 2. The molecule has 0 unspecified atom stereocenters. The van der Waals surface area contributed by atoms with E-state index in [0.717, 1.165) is 28.2 Å². The van der Waals surface area contributed by atoms with E-state index < -0.39 is 5.91 Å². The minimum absolute atomic E-state index is 0.268. The highest BCUT2D eigenvalue weighted by molar-refractivity contribution is 6.15. The maximum absolute atomic E-state index is 12.1. The van der Waals surface area contributed by atoms with Gasteiger partial charge < -0.3 is 14.8 Å². The van der Waals surface area contributed by atoms with Crippen LogP contribution in [0.3, 0.4) is 0 Å². The summed E-state index contributed by atoms with van der Waals surface area (Å²) in [5.41, 5.74) is 3.31. The number of hydroxylamine groups is 2. The van der Waals surface area contributed by atoms with Gasteiger partial charge in [0.1, 0.15) is 13.2 Å². The van der Waals surface area contributed by atoms with Crippen LogP contribution in [0.25, 0.3) is 0 Å². The quantitative estimate of drug-likeness (QED) is 0.614. The van der Waals surface area contributed by atoms with Crippen molar-refractivity contribution in [2.75, 3.05) is 19.8 Å². The molecule has 0 aromatic heterocycles. The lowest BCUT2D eigenvalue weighted by Crippen LogP contribution is -2.41. The molecule has 1 aromatic rings.